The summed E-state index contributed by atoms with van der Waals surface area (Å²) in [5.74, 6) is 3.08. The minimum absolute atomic E-state index is 0.244. The zero-order chi connectivity index (χ0) is 19.3. The highest BCUT2D eigenvalue weighted by molar-refractivity contribution is 5.85. The molecule has 1 aromatic carbocycles. The van der Waals surface area contributed by atoms with E-state index in [0.29, 0.717) is 35.9 Å². The van der Waals surface area contributed by atoms with Gasteiger partial charge in [0.2, 0.25) is 5.75 Å². The van der Waals surface area contributed by atoms with E-state index in [-0.39, 0.29) is 6.04 Å². The monoisotopic (exact) mass is 373 g/mol. The summed E-state index contributed by atoms with van der Waals surface area (Å²) in [7, 11) is 8.77. The third kappa shape index (κ3) is 2.50. The lowest BCUT2D eigenvalue weighted by atomic mass is 9.73. The molecule has 0 saturated heterocycles. The Morgan fingerprint density at radius 3 is 2.26 bits per heavy atom. The number of fused-ring (bicyclic) bond motifs is 1. The summed E-state index contributed by atoms with van der Waals surface area (Å²) in [4.78, 5) is 2.38. The van der Waals surface area contributed by atoms with Gasteiger partial charge in [-0.25, -0.2) is 0 Å². The average Bonchev–Trinajstić information content (AvgIpc) is 2.68. The van der Waals surface area contributed by atoms with E-state index in [4.69, 9.17) is 18.9 Å². The summed E-state index contributed by atoms with van der Waals surface area (Å²) in [6.45, 7) is 0.955. The van der Waals surface area contributed by atoms with Crippen LogP contribution in [0, 0.1) is 0 Å². The lowest BCUT2D eigenvalue weighted by Crippen LogP contribution is -2.36. The van der Waals surface area contributed by atoms with E-state index in [1.807, 2.05) is 0 Å². The van der Waals surface area contributed by atoms with Crippen molar-refractivity contribution >= 4 is 5.57 Å². The van der Waals surface area contributed by atoms with Crippen molar-refractivity contribution in [2.24, 2.45) is 0 Å². The second-order valence-corrected chi connectivity index (χ2v) is 7.33. The molecule has 1 aliphatic heterocycles. The number of hydrogen-bond acceptors (Lipinski definition) is 6. The van der Waals surface area contributed by atoms with Gasteiger partial charge >= 0.3 is 0 Å². The maximum absolute atomic E-state index is 10.4. The molecule has 6 nitrogen and oxygen atoms in total. The van der Waals surface area contributed by atoms with Crippen molar-refractivity contribution in [3.63, 3.8) is 0 Å². The summed E-state index contributed by atoms with van der Waals surface area (Å²) >= 11 is 0. The molecule has 1 heterocycles. The predicted octanol–water partition coefficient (Wildman–Crippen LogP) is 3.61. The second-order valence-electron chi connectivity index (χ2n) is 7.33. The first-order chi connectivity index (χ1) is 13.0. The SMILES string of the molecule is COC1=C(O)CC2=C(C1)c1c(OC)c(OC)c(OC)c3c1C(C2)N(C)CC3. The standard InChI is InChI=1S/C21H27NO5/c1-22-7-6-12-17-14(22)8-11-9-15(23)16(24-2)10-13(11)18(17)20(26-4)21(27-5)19(12)25-3/h14,23H,6-10H2,1-5H3. The normalized spacial score (nSPS) is 21.6. The highest BCUT2D eigenvalue weighted by atomic mass is 16.5. The second kappa shape index (κ2) is 6.68. The van der Waals surface area contributed by atoms with Crippen LogP contribution in [-0.4, -0.2) is 52.0 Å². The van der Waals surface area contributed by atoms with Gasteiger partial charge < -0.3 is 24.1 Å². The minimum atomic E-state index is 0.244. The van der Waals surface area contributed by atoms with Crippen LogP contribution in [0.4, 0.5) is 0 Å². The first-order valence-corrected chi connectivity index (χ1v) is 9.26. The molecule has 0 spiro atoms. The zero-order valence-corrected chi connectivity index (χ0v) is 16.6. The summed E-state index contributed by atoms with van der Waals surface area (Å²) < 4.78 is 22.8. The third-order valence-electron chi connectivity index (χ3n) is 6.15. The fraction of sp³-hybridized carbons (Fsp3) is 0.524. The van der Waals surface area contributed by atoms with E-state index in [2.05, 4.69) is 11.9 Å². The van der Waals surface area contributed by atoms with Crippen molar-refractivity contribution in [1.29, 1.82) is 0 Å². The number of rotatable bonds is 4. The lowest BCUT2D eigenvalue weighted by Gasteiger charge is -2.43. The molecule has 1 N–H and O–H groups in total. The molecule has 4 rings (SSSR count). The van der Waals surface area contributed by atoms with Crippen molar-refractivity contribution in [2.75, 3.05) is 42.0 Å². The largest absolute Gasteiger partial charge is 0.508 e. The van der Waals surface area contributed by atoms with Crippen LogP contribution in [0.15, 0.2) is 17.1 Å². The van der Waals surface area contributed by atoms with Crippen LogP contribution < -0.4 is 14.2 Å². The Kier molecular flexibility index (Phi) is 4.46. The molecule has 27 heavy (non-hydrogen) atoms. The van der Waals surface area contributed by atoms with Crippen molar-refractivity contribution in [3.05, 3.63) is 33.8 Å². The molecule has 2 aliphatic carbocycles. The Morgan fingerprint density at radius 1 is 0.926 bits per heavy atom. The number of aliphatic hydroxyl groups excluding tert-OH is 1. The molecule has 146 valence electrons. The fourth-order valence-corrected chi connectivity index (χ4v) is 4.86. The van der Waals surface area contributed by atoms with Gasteiger partial charge in [-0.2, -0.15) is 0 Å². The minimum Gasteiger partial charge on any atom is -0.508 e. The van der Waals surface area contributed by atoms with Crippen molar-refractivity contribution in [3.8, 4) is 17.2 Å². The first-order valence-electron chi connectivity index (χ1n) is 9.26. The fourth-order valence-electron chi connectivity index (χ4n) is 4.86. The van der Waals surface area contributed by atoms with Gasteiger partial charge in [-0.05, 0) is 31.0 Å². The van der Waals surface area contributed by atoms with Crippen LogP contribution >= 0.6 is 0 Å². The molecular weight excluding hydrogens is 346 g/mol. The van der Waals surface area contributed by atoms with Crippen molar-refractivity contribution in [2.45, 2.75) is 31.7 Å². The number of allylic oxidation sites excluding steroid dienone is 2. The Labute approximate surface area is 160 Å². The smallest absolute Gasteiger partial charge is 0.204 e. The van der Waals surface area contributed by atoms with Gasteiger partial charge in [-0.15, -0.1) is 0 Å². The molecule has 0 saturated carbocycles. The molecule has 3 aliphatic rings. The Hall–Kier alpha value is -2.34. The van der Waals surface area contributed by atoms with Gasteiger partial charge in [0.15, 0.2) is 11.5 Å². The Balaban J connectivity index is 2.02. The van der Waals surface area contributed by atoms with E-state index in [9.17, 15) is 5.11 Å². The molecule has 0 radical (unpaired) electrons. The summed E-state index contributed by atoms with van der Waals surface area (Å²) in [6, 6.07) is 0.244. The number of likely N-dealkylation sites (N-methyl/N-ethyl adjacent to an activating group) is 1. The third-order valence-corrected chi connectivity index (χ3v) is 6.15. The van der Waals surface area contributed by atoms with Crippen molar-refractivity contribution < 1.29 is 24.1 Å². The van der Waals surface area contributed by atoms with Crippen LogP contribution in [0.3, 0.4) is 0 Å². The highest BCUT2D eigenvalue weighted by Gasteiger charge is 2.41. The zero-order valence-electron chi connectivity index (χ0n) is 16.6. The molecule has 0 bridgehead atoms. The summed E-state index contributed by atoms with van der Waals surface area (Å²) in [6.07, 6.45) is 2.88. The quantitative estimate of drug-likeness (QED) is 0.870. The van der Waals surface area contributed by atoms with Gasteiger partial charge in [0.1, 0.15) is 11.5 Å². The van der Waals surface area contributed by atoms with Crippen molar-refractivity contribution in [1.82, 2.24) is 4.90 Å². The molecule has 0 fully saturated rings. The number of aliphatic hydroxyl groups is 1. The number of nitrogens with zero attached hydrogens (tertiary/aromatic N) is 1. The van der Waals surface area contributed by atoms with Crippen LogP contribution in [0.1, 0.15) is 42.0 Å². The Morgan fingerprint density at radius 2 is 1.63 bits per heavy atom. The van der Waals surface area contributed by atoms with Crippen LogP contribution in [-0.2, 0) is 11.2 Å². The topological polar surface area (TPSA) is 60.4 Å². The van der Waals surface area contributed by atoms with E-state index >= 15 is 0 Å². The maximum Gasteiger partial charge on any atom is 0.204 e. The highest BCUT2D eigenvalue weighted by Crippen LogP contribution is 2.57. The van der Waals surface area contributed by atoms with Crippen LogP contribution in [0.25, 0.3) is 5.57 Å². The molecular formula is C21H27NO5. The predicted molar refractivity (Wildman–Crippen MR) is 103 cm³/mol. The van der Waals surface area contributed by atoms with E-state index < -0.39 is 0 Å². The molecule has 1 atom stereocenters. The van der Waals surface area contributed by atoms with E-state index in [1.165, 1.54) is 22.3 Å². The maximum atomic E-state index is 10.4. The average molecular weight is 373 g/mol. The summed E-state index contributed by atoms with van der Waals surface area (Å²) in [5, 5.41) is 10.4. The molecule has 0 amide bonds. The number of methoxy groups -OCH3 is 4. The van der Waals surface area contributed by atoms with Gasteiger partial charge in [0, 0.05) is 36.6 Å². The number of hydrogen-bond donors (Lipinski definition) is 1. The molecule has 1 aromatic rings. The van der Waals surface area contributed by atoms with E-state index in [0.717, 1.165) is 30.7 Å². The lowest BCUT2D eigenvalue weighted by molar-refractivity contribution is 0.213. The number of benzene rings is 1. The van der Waals surface area contributed by atoms with Crippen LogP contribution in [0.5, 0.6) is 17.2 Å². The molecule has 6 heteroatoms. The Bertz CT molecular complexity index is 855. The van der Waals surface area contributed by atoms with Gasteiger partial charge in [-0.3, -0.25) is 4.90 Å². The van der Waals surface area contributed by atoms with E-state index in [1.54, 1.807) is 28.4 Å². The molecule has 0 aromatic heterocycles. The van der Waals surface area contributed by atoms with Crippen LogP contribution in [0.2, 0.25) is 0 Å². The van der Waals surface area contributed by atoms with Gasteiger partial charge in [0.25, 0.3) is 0 Å². The number of ether oxygens (including phenoxy) is 4. The molecule has 1 unspecified atom stereocenters. The van der Waals surface area contributed by atoms with Gasteiger partial charge in [0.05, 0.1) is 28.4 Å². The van der Waals surface area contributed by atoms with Gasteiger partial charge in [-0.1, -0.05) is 5.57 Å². The summed E-state index contributed by atoms with van der Waals surface area (Å²) in [5.41, 5.74) is 6.00. The first kappa shape index (κ1) is 18.0.